The maximum Gasteiger partial charge on any atom is 0.337 e. The monoisotopic (exact) mass is 425 g/mol. The molecule has 6 heteroatoms. The fourth-order valence-electron chi connectivity index (χ4n) is 3.64. The van der Waals surface area contributed by atoms with Crippen LogP contribution in [0.4, 0.5) is 5.69 Å². The number of amides is 1. The molecule has 0 aliphatic carbocycles. The number of carbonyl (C=O) groups is 2. The van der Waals surface area contributed by atoms with Gasteiger partial charge in [0.2, 0.25) is 0 Å². The number of hydrogen-bond donors (Lipinski definition) is 2. The zero-order valence-electron chi connectivity index (χ0n) is 19.0. The average Bonchev–Trinajstić information content (AvgIpc) is 2.67. The van der Waals surface area contributed by atoms with Gasteiger partial charge in [-0.15, -0.1) is 0 Å². The Morgan fingerprint density at radius 1 is 1.03 bits per heavy atom. The van der Waals surface area contributed by atoms with Crippen LogP contribution in [0.25, 0.3) is 0 Å². The summed E-state index contributed by atoms with van der Waals surface area (Å²) in [5.74, 6) is -0.637. The fraction of sp³-hybridized carbons (Fsp3) is 0.360. The molecule has 0 aliphatic rings. The number of esters is 1. The number of ether oxygens (including phenoxy) is 2. The van der Waals surface area contributed by atoms with Crippen LogP contribution in [0.2, 0.25) is 0 Å². The highest BCUT2D eigenvalue weighted by atomic mass is 16.5. The second-order valence-corrected chi connectivity index (χ2v) is 9.28. The van der Waals surface area contributed by atoms with Gasteiger partial charge in [-0.3, -0.25) is 4.79 Å². The van der Waals surface area contributed by atoms with Crippen molar-refractivity contribution in [3.05, 3.63) is 65.9 Å². The lowest BCUT2D eigenvalue weighted by Gasteiger charge is -2.33. The molecule has 0 fully saturated rings. The molecule has 0 aromatic heterocycles. The van der Waals surface area contributed by atoms with Crippen molar-refractivity contribution in [2.24, 2.45) is 5.41 Å². The van der Waals surface area contributed by atoms with Gasteiger partial charge in [0.1, 0.15) is 11.5 Å². The van der Waals surface area contributed by atoms with E-state index in [1.807, 2.05) is 24.3 Å². The molecule has 0 saturated heterocycles. The minimum atomic E-state index is -0.566. The van der Waals surface area contributed by atoms with Crippen molar-refractivity contribution in [2.75, 3.05) is 12.4 Å². The van der Waals surface area contributed by atoms with E-state index in [4.69, 9.17) is 4.74 Å². The lowest BCUT2D eigenvalue weighted by Crippen LogP contribution is -2.24. The number of benzene rings is 2. The quantitative estimate of drug-likeness (QED) is 0.268. The zero-order valence-corrected chi connectivity index (χ0v) is 19.0. The molecule has 2 aromatic rings. The highest BCUT2D eigenvalue weighted by Gasteiger charge is 2.27. The van der Waals surface area contributed by atoms with Gasteiger partial charge in [-0.1, -0.05) is 46.8 Å². The molecule has 2 N–H and O–H groups in total. The Morgan fingerprint density at radius 2 is 1.68 bits per heavy atom. The number of phenolic OH excluding ortho intramolecular Hbond substituents is 1. The second kappa shape index (κ2) is 9.69. The van der Waals surface area contributed by atoms with Gasteiger partial charge in [0, 0.05) is 6.08 Å². The summed E-state index contributed by atoms with van der Waals surface area (Å²) in [5, 5.41) is 12.4. The van der Waals surface area contributed by atoms with Crippen molar-refractivity contribution < 1.29 is 24.2 Å². The van der Waals surface area contributed by atoms with Gasteiger partial charge in [0.05, 0.1) is 24.6 Å². The molecule has 0 spiro atoms. The topological polar surface area (TPSA) is 84.9 Å². The van der Waals surface area contributed by atoms with E-state index >= 15 is 0 Å². The smallest absolute Gasteiger partial charge is 0.337 e. The van der Waals surface area contributed by atoms with Crippen molar-refractivity contribution >= 4 is 17.6 Å². The predicted octanol–water partition coefficient (Wildman–Crippen LogP) is 5.42. The Kier molecular flexibility index (Phi) is 7.50. The molecular weight excluding hydrogens is 394 g/mol. The standard InChI is InChI=1S/C25H31NO5/c1-24(2,3)16-25(4,5)18-8-10-19(11-9-18)31-14-13-22(28)26-20-15-17(23(29)30-6)7-12-21(20)27/h7-15,27H,16H2,1-6H3,(H,26,28)/b14-13+. The first-order valence-electron chi connectivity index (χ1n) is 10.1. The molecule has 0 atom stereocenters. The van der Waals surface area contributed by atoms with Crippen molar-refractivity contribution in [3.63, 3.8) is 0 Å². The van der Waals surface area contributed by atoms with E-state index in [9.17, 15) is 14.7 Å². The van der Waals surface area contributed by atoms with Gasteiger partial charge >= 0.3 is 5.97 Å². The average molecular weight is 426 g/mol. The highest BCUT2D eigenvalue weighted by molar-refractivity contribution is 6.01. The summed E-state index contributed by atoms with van der Waals surface area (Å²) >= 11 is 0. The largest absolute Gasteiger partial charge is 0.506 e. The molecule has 0 aliphatic heterocycles. The third-order valence-electron chi connectivity index (χ3n) is 4.71. The minimum Gasteiger partial charge on any atom is -0.506 e. The van der Waals surface area contributed by atoms with Crippen LogP contribution in [0, 0.1) is 5.41 Å². The Hall–Kier alpha value is -3.28. The van der Waals surface area contributed by atoms with Gasteiger partial charge in [0.15, 0.2) is 0 Å². The molecule has 0 radical (unpaired) electrons. The second-order valence-electron chi connectivity index (χ2n) is 9.28. The summed E-state index contributed by atoms with van der Waals surface area (Å²) in [6.07, 6.45) is 3.51. The van der Waals surface area contributed by atoms with Crippen molar-refractivity contribution in [1.82, 2.24) is 0 Å². The Morgan fingerprint density at radius 3 is 2.26 bits per heavy atom. The van der Waals surface area contributed by atoms with Crippen molar-refractivity contribution in [3.8, 4) is 11.5 Å². The SMILES string of the molecule is COC(=O)c1ccc(O)c(NC(=O)/C=C/Oc2ccc(C(C)(C)CC(C)(C)C)cc2)c1. The molecule has 0 heterocycles. The van der Waals surface area contributed by atoms with Crippen molar-refractivity contribution in [1.29, 1.82) is 0 Å². The third-order valence-corrected chi connectivity index (χ3v) is 4.71. The number of hydrogen-bond acceptors (Lipinski definition) is 5. The number of nitrogens with one attached hydrogen (secondary N) is 1. The van der Waals surface area contributed by atoms with Crippen LogP contribution in [-0.4, -0.2) is 24.1 Å². The summed E-state index contributed by atoms with van der Waals surface area (Å²) in [7, 11) is 1.26. The summed E-state index contributed by atoms with van der Waals surface area (Å²) in [6, 6.07) is 11.9. The van der Waals surface area contributed by atoms with Gasteiger partial charge in [-0.25, -0.2) is 4.79 Å². The molecule has 0 bridgehead atoms. The number of rotatable bonds is 7. The van der Waals surface area contributed by atoms with E-state index in [0.29, 0.717) is 5.75 Å². The van der Waals surface area contributed by atoms with Gasteiger partial charge in [-0.05, 0) is 53.1 Å². The first kappa shape index (κ1) is 24.0. The van der Waals surface area contributed by atoms with Crippen LogP contribution < -0.4 is 10.1 Å². The first-order chi connectivity index (χ1) is 14.4. The molecule has 2 rings (SSSR count). The van der Waals surface area contributed by atoms with Crippen LogP contribution in [0.1, 0.15) is 57.0 Å². The first-order valence-corrected chi connectivity index (χ1v) is 10.1. The van der Waals surface area contributed by atoms with Crippen LogP contribution in [0.3, 0.4) is 0 Å². The number of aromatic hydroxyl groups is 1. The lowest BCUT2D eigenvalue weighted by molar-refractivity contribution is -0.112. The summed E-state index contributed by atoms with van der Waals surface area (Å²) in [5.41, 5.74) is 1.79. The molecule has 0 saturated carbocycles. The number of methoxy groups -OCH3 is 1. The van der Waals surface area contributed by atoms with Crippen LogP contribution >= 0.6 is 0 Å². The van der Waals surface area contributed by atoms with Gasteiger partial charge in [-0.2, -0.15) is 0 Å². The number of anilines is 1. The summed E-state index contributed by atoms with van der Waals surface area (Å²) in [4.78, 5) is 23.7. The van der Waals surface area contributed by atoms with E-state index in [0.717, 1.165) is 6.42 Å². The molecule has 1 amide bonds. The third kappa shape index (κ3) is 7.17. The van der Waals surface area contributed by atoms with E-state index in [1.54, 1.807) is 0 Å². The molecule has 6 nitrogen and oxygen atoms in total. The van der Waals surface area contributed by atoms with Gasteiger partial charge < -0.3 is 19.9 Å². The summed E-state index contributed by atoms with van der Waals surface area (Å²) in [6.45, 7) is 11.1. The Bertz CT molecular complexity index is 953. The minimum absolute atomic E-state index is 0.0350. The normalized spacial score (nSPS) is 11.9. The van der Waals surface area contributed by atoms with Crippen LogP contribution in [0.15, 0.2) is 54.8 Å². The molecule has 166 valence electrons. The number of phenols is 1. The van der Waals surface area contributed by atoms with Crippen LogP contribution in [0.5, 0.6) is 11.5 Å². The van der Waals surface area contributed by atoms with E-state index < -0.39 is 11.9 Å². The summed E-state index contributed by atoms with van der Waals surface area (Å²) < 4.78 is 10.2. The fourth-order valence-corrected chi connectivity index (χ4v) is 3.64. The maximum atomic E-state index is 12.1. The van der Waals surface area contributed by atoms with E-state index in [1.165, 1.54) is 43.2 Å². The zero-order chi connectivity index (χ0) is 23.2. The maximum absolute atomic E-state index is 12.1. The lowest BCUT2D eigenvalue weighted by atomic mass is 9.72. The van der Waals surface area contributed by atoms with E-state index in [2.05, 4.69) is 44.7 Å². The highest BCUT2D eigenvalue weighted by Crippen LogP contribution is 2.36. The molecular formula is C25H31NO5. The molecule has 31 heavy (non-hydrogen) atoms. The Labute approximate surface area is 183 Å². The Balaban J connectivity index is 1.98. The predicted molar refractivity (Wildman–Crippen MR) is 121 cm³/mol. The molecule has 0 unspecified atom stereocenters. The van der Waals surface area contributed by atoms with E-state index in [-0.39, 0.29) is 27.8 Å². The van der Waals surface area contributed by atoms with Crippen molar-refractivity contribution in [2.45, 2.75) is 46.5 Å². The number of carbonyl (C=O) groups excluding carboxylic acids is 2. The van der Waals surface area contributed by atoms with Crippen LogP contribution in [-0.2, 0) is 14.9 Å². The van der Waals surface area contributed by atoms with Gasteiger partial charge in [0.25, 0.3) is 5.91 Å². The molecule has 2 aromatic carbocycles.